The molecular weight excluding hydrogens is 1380 g/mol. The molecule has 3 saturated heterocycles. The van der Waals surface area contributed by atoms with Gasteiger partial charge >= 0.3 is 0 Å². The molecule has 0 aromatic rings. The Balaban J connectivity index is 1.31. The molecule has 0 radical (unpaired) electrons. The Labute approximate surface area is 664 Å². The molecule has 0 aliphatic carbocycles. The van der Waals surface area contributed by atoms with Gasteiger partial charge in [-0.25, -0.2) is 0 Å². The average Bonchev–Trinajstić information content (AvgIpc) is 0.766. The summed E-state index contributed by atoms with van der Waals surface area (Å²) in [7, 11) is 0. The Morgan fingerprint density at radius 3 is 0.917 bits per heavy atom. The second-order valence-corrected chi connectivity index (χ2v) is 33.1. The predicted molar refractivity (Wildman–Crippen MR) is 439 cm³/mol. The Morgan fingerprint density at radius 1 is 0.321 bits per heavy atom. The minimum atomic E-state index is -1.98. The number of carbonyl (C=O) groups is 1. The zero-order valence-electron chi connectivity index (χ0n) is 69.6. The molecule has 0 saturated carbocycles. The number of rotatable bonds is 76. The van der Waals surface area contributed by atoms with Gasteiger partial charge in [0, 0.05) is 6.42 Å². The van der Waals surface area contributed by atoms with E-state index in [0.717, 1.165) is 38.5 Å². The number of hydrogen-bond donors (Lipinski definition) is 12. The van der Waals surface area contributed by atoms with Crippen LogP contribution in [0.5, 0.6) is 0 Å². The molecule has 0 aromatic carbocycles. The van der Waals surface area contributed by atoms with E-state index in [0.29, 0.717) is 12.8 Å². The summed E-state index contributed by atoms with van der Waals surface area (Å²) in [6.45, 7) is 1.80. The Bertz CT molecular complexity index is 2060. The molecule has 109 heavy (non-hydrogen) atoms. The van der Waals surface area contributed by atoms with Crippen LogP contribution in [0, 0.1) is 0 Å². The van der Waals surface area contributed by atoms with Crippen LogP contribution in [0.1, 0.15) is 412 Å². The average molecular weight is 1560 g/mol. The molecule has 1 amide bonds. The molecule has 3 aliphatic rings. The first-order valence-corrected chi connectivity index (χ1v) is 46.1. The molecule has 17 unspecified atom stereocenters. The minimum absolute atomic E-state index is 0.241. The van der Waals surface area contributed by atoms with Gasteiger partial charge in [-0.3, -0.25) is 4.79 Å². The van der Waals surface area contributed by atoms with Crippen LogP contribution >= 0.6 is 0 Å². The van der Waals surface area contributed by atoms with Gasteiger partial charge in [-0.05, 0) is 32.1 Å². The number of unbranched alkanes of at least 4 members (excludes halogenated alkanes) is 58. The van der Waals surface area contributed by atoms with Crippen molar-refractivity contribution in [2.75, 3.05) is 26.4 Å². The highest BCUT2D eigenvalue weighted by atomic mass is 16.8. The fourth-order valence-corrected chi connectivity index (χ4v) is 15.9. The van der Waals surface area contributed by atoms with Gasteiger partial charge in [-0.2, -0.15) is 0 Å². The highest BCUT2D eigenvalue weighted by Crippen LogP contribution is 2.34. The summed E-state index contributed by atoms with van der Waals surface area (Å²) in [6.07, 6.45) is 62.1. The zero-order valence-corrected chi connectivity index (χ0v) is 69.6. The largest absolute Gasteiger partial charge is 0.394 e. The van der Waals surface area contributed by atoms with E-state index in [2.05, 4.69) is 31.3 Å². The van der Waals surface area contributed by atoms with Crippen LogP contribution in [0.2, 0.25) is 0 Å². The van der Waals surface area contributed by atoms with Crippen molar-refractivity contribution in [3.63, 3.8) is 0 Å². The van der Waals surface area contributed by atoms with Gasteiger partial charge in [0.15, 0.2) is 18.9 Å². The fraction of sp³-hybridized carbons (Fsp3) is 0.944. The molecule has 0 aromatic heterocycles. The van der Waals surface area contributed by atoms with Gasteiger partial charge < -0.3 is 89.9 Å². The standard InChI is InChI=1S/C90H171NO18/c1-3-5-7-9-11-13-15-17-19-21-23-25-27-29-31-32-33-34-35-36-37-38-39-40-42-44-46-48-50-52-54-56-58-60-62-64-66-68-78(96)91-73(74(95)67-65-63-61-59-57-55-53-51-49-47-45-43-41-30-28-26-24-22-20-18-16-14-12-10-8-6-4-2)72-104-88-84(102)81(99)86(76(70-93)106-88)109-90-85(103)82(100)87(77(71-94)107-90)108-89-83(101)80(98)79(97)75(69-92)105-89/h57,59,65,67,73-77,79-90,92-95,97-103H,3-56,58,60-64,66,68-72H2,1-2H3,(H,91,96)/b59-57+,67-65+. The molecule has 3 heterocycles. The lowest BCUT2D eigenvalue weighted by Gasteiger charge is -2.48. The van der Waals surface area contributed by atoms with Crippen LogP contribution in [-0.2, 0) is 33.2 Å². The molecule has 19 heteroatoms. The summed E-state index contributed by atoms with van der Waals surface area (Å²) < 4.78 is 34.5. The topological polar surface area (TPSA) is 307 Å². The van der Waals surface area contributed by atoms with E-state index in [9.17, 15) is 61.0 Å². The van der Waals surface area contributed by atoms with Crippen molar-refractivity contribution < 1.29 is 89.4 Å². The molecule has 19 nitrogen and oxygen atoms in total. The van der Waals surface area contributed by atoms with E-state index in [4.69, 9.17) is 28.4 Å². The highest BCUT2D eigenvalue weighted by molar-refractivity contribution is 5.76. The maximum Gasteiger partial charge on any atom is 0.220 e. The number of carbonyl (C=O) groups excluding carboxylic acids is 1. The van der Waals surface area contributed by atoms with Gasteiger partial charge in [-0.15, -0.1) is 0 Å². The molecular formula is C90H171NO18. The predicted octanol–water partition coefficient (Wildman–Crippen LogP) is 17.6. The number of nitrogens with one attached hydrogen (secondary N) is 1. The summed E-state index contributed by atoms with van der Waals surface area (Å²) in [5.41, 5.74) is 0. The van der Waals surface area contributed by atoms with Crippen molar-refractivity contribution in [3.05, 3.63) is 24.3 Å². The third-order valence-corrected chi connectivity index (χ3v) is 23.3. The summed E-state index contributed by atoms with van der Waals surface area (Å²) in [5, 5.41) is 121. The number of amides is 1. The summed E-state index contributed by atoms with van der Waals surface area (Å²) in [5.74, 6) is -0.275. The molecule has 3 aliphatic heterocycles. The zero-order chi connectivity index (χ0) is 78.8. The molecule has 12 N–H and O–H groups in total. The summed E-state index contributed by atoms with van der Waals surface area (Å²) in [4.78, 5) is 13.5. The van der Waals surface area contributed by atoms with Crippen LogP contribution in [0.3, 0.4) is 0 Å². The van der Waals surface area contributed by atoms with E-state index in [1.165, 1.54) is 340 Å². The van der Waals surface area contributed by atoms with Crippen molar-refractivity contribution in [1.82, 2.24) is 5.32 Å². The van der Waals surface area contributed by atoms with Gasteiger partial charge in [0.2, 0.25) is 5.91 Å². The number of allylic oxidation sites excluding steroid dienone is 3. The van der Waals surface area contributed by atoms with Crippen LogP contribution in [-0.4, -0.2) is 193 Å². The summed E-state index contributed by atoms with van der Waals surface area (Å²) >= 11 is 0. The molecule has 17 atom stereocenters. The smallest absolute Gasteiger partial charge is 0.220 e. The van der Waals surface area contributed by atoms with Crippen LogP contribution in [0.15, 0.2) is 24.3 Å². The molecule has 0 spiro atoms. The summed E-state index contributed by atoms with van der Waals surface area (Å²) in [6, 6.07) is -0.989. The lowest BCUT2D eigenvalue weighted by molar-refractivity contribution is -0.379. The van der Waals surface area contributed by atoms with Gasteiger partial charge in [0.1, 0.15) is 73.2 Å². The Morgan fingerprint density at radius 2 is 0.587 bits per heavy atom. The number of hydrogen-bond acceptors (Lipinski definition) is 18. The molecule has 3 rings (SSSR count). The van der Waals surface area contributed by atoms with Crippen molar-refractivity contribution in [2.24, 2.45) is 0 Å². The quantitative estimate of drug-likeness (QED) is 0.0199. The molecule has 644 valence electrons. The first-order chi connectivity index (χ1) is 53.3. The third-order valence-electron chi connectivity index (χ3n) is 23.3. The minimum Gasteiger partial charge on any atom is -0.394 e. The normalized spacial score (nSPS) is 25.3. The van der Waals surface area contributed by atoms with Gasteiger partial charge in [0.05, 0.1) is 38.6 Å². The Kier molecular flexibility index (Phi) is 65.6. The molecule has 3 fully saturated rings. The third kappa shape index (κ3) is 49.2. The maximum absolute atomic E-state index is 13.5. The van der Waals surface area contributed by atoms with Crippen molar-refractivity contribution in [3.8, 4) is 0 Å². The number of ether oxygens (including phenoxy) is 6. The molecule has 0 bridgehead atoms. The van der Waals surface area contributed by atoms with Gasteiger partial charge in [-0.1, -0.05) is 398 Å². The van der Waals surface area contributed by atoms with Crippen LogP contribution < -0.4 is 5.32 Å². The highest BCUT2D eigenvalue weighted by Gasteiger charge is 2.54. The first kappa shape index (κ1) is 101. The van der Waals surface area contributed by atoms with Crippen molar-refractivity contribution in [1.29, 1.82) is 0 Å². The van der Waals surface area contributed by atoms with E-state index in [1.807, 2.05) is 6.08 Å². The first-order valence-electron chi connectivity index (χ1n) is 46.1. The lowest BCUT2D eigenvalue weighted by atomic mass is 9.96. The van der Waals surface area contributed by atoms with Crippen LogP contribution in [0.4, 0.5) is 0 Å². The second kappa shape index (κ2) is 70.5. The van der Waals surface area contributed by atoms with E-state index < -0.39 is 124 Å². The number of aliphatic hydroxyl groups is 11. The number of aliphatic hydroxyl groups excluding tert-OH is 11. The van der Waals surface area contributed by atoms with E-state index >= 15 is 0 Å². The van der Waals surface area contributed by atoms with Crippen molar-refractivity contribution in [2.45, 2.75) is 516 Å². The van der Waals surface area contributed by atoms with E-state index in [1.54, 1.807) is 6.08 Å². The van der Waals surface area contributed by atoms with Crippen LogP contribution in [0.25, 0.3) is 0 Å². The maximum atomic E-state index is 13.5. The second-order valence-electron chi connectivity index (χ2n) is 33.1. The van der Waals surface area contributed by atoms with Gasteiger partial charge in [0.25, 0.3) is 0 Å². The fourth-order valence-electron chi connectivity index (χ4n) is 15.9. The SMILES string of the molecule is CCCCCCCCCCCCCCCCCCCCCCC/C=C/CC/C=C/C(O)C(COC1OC(CO)C(OC2OC(CO)C(OC3OC(CO)C(O)C(O)C3O)C(O)C2O)C(O)C1O)NC(=O)CCCCCCCCCCCCCCCCCCCCCCCCCCCCCCCCCCCCCCC. The van der Waals surface area contributed by atoms with Crippen molar-refractivity contribution >= 4 is 5.91 Å². The monoisotopic (exact) mass is 1550 g/mol. The lowest BCUT2D eigenvalue weighted by Crippen LogP contribution is -2.66. The Hall–Kier alpha value is -1.73. The van der Waals surface area contributed by atoms with E-state index in [-0.39, 0.29) is 18.9 Å².